The number of rotatable bonds is 19. The molecule has 3 atom stereocenters. The van der Waals surface area contributed by atoms with E-state index in [2.05, 4.69) is 24.3 Å². The zero-order valence-corrected chi connectivity index (χ0v) is 20.7. The SMILES string of the molecule is CCCCCCC[C@H](O)[C@H](CNP(=O)([O-])OCC[N+](C)(C)C)NC(=O)CCCCC. The predicted molar refractivity (Wildman–Crippen MR) is 120 cm³/mol. The number of amides is 1. The van der Waals surface area contributed by atoms with Crippen LogP contribution in [0.4, 0.5) is 0 Å². The Morgan fingerprint density at radius 1 is 1.07 bits per heavy atom. The average molecular weight is 452 g/mol. The second-order valence-electron chi connectivity index (χ2n) is 9.11. The Hall–Kier alpha value is -0.500. The fourth-order valence-corrected chi connectivity index (χ4v) is 3.78. The van der Waals surface area contributed by atoms with E-state index in [4.69, 9.17) is 4.52 Å². The number of quaternary nitrogens is 1. The molecule has 180 valence electrons. The highest BCUT2D eigenvalue weighted by atomic mass is 31.2. The third kappa shape index (κ3) is 17.2. The molecule has 0 aliphatic carbocycles. The van der Waals surface area contributed by atoms with Gasteiger partial charge in [-0.2, -0.15) is 0 Å². The van der Waals surface area contributed by atoms with Gasteiger partial charge in [0.15, 0.2) is 0 Å². The number of likely N-dealkylation sites (N-methyl/N-ethyl adjacent to an activating group) is 1. The first-order chi connectivity index (χ1) is 14.0. The minimum atomic E-state index is -4.25. The van der Waals surface area contributed by atoms with Crippen LogP contribution in [-0.2, 0) is 13.9 Å². The van der Waals surface area contributed by atoms with Gasteiger partial charge in [0.05, 0.1) is 33.3 Å². The molecule has 1 amide bonds. The van der Waals surface area contributed by atoms with Gasteiger partial charge in [-0.05, 0) is 12.8 Å². The molecule has 30 heavy (non-hydrogen) atoms. The van der Waals surface area contributed by atoms with E-state index in [9.17, 15) is 19.4 Å². The topological polar surface area (TPSA) is 111 Å². The van der Waals surface area contributed by atoms with Crippen LogP contribution in [0, 0.1) is 0 Å². The van der Waals surface area contributed by atoms with Crippen LogP contribution in [0.2, 0.25) is 0 Å². The summed E-state index contributed by atoms with van der Waals surface area (Å²) < 4.78 is 17.8. The Bertz CT molecular complexity index is 500. The Labute approximate surface area is 183 Å². The third-order valence-corrected chi connectivity index (χ3v) is 6.04. The number of unbranched alkanes of at least 4 members (excludes halogenated alkanes) is 6. The molecule has 0 fully saturated rings. The summed E-state index contributed by atoms with van der Waals surface area (Å²) in [6.07, 6.45) is 8.15. The van der Waals surface area contributed by atoms with E-state index in [0.29, 0.717) is 23.9 Å². The molecular formula is C21H46N3O5P. The van der Waals surface area contributed by atoms with Crippen LogP contribution in [0.25, 0.3) is 0 Å². The third-order valence-electron chi connectivity index (χ3n) is 4.95. The molecule has 1 unspecified atom stereocenters. The molecule has 0 bridgehead atoms. The van der Waals surface area contributed by atoms with Crippen LogP contribution in [0.15, 0.2) is 0 Å². The monoisotopic (exact) mass is 451 g/mol. The minimum absolute atomic E-state index is 0.0747. The Morgan fingerprint density at radius 3 is 2.27 bits per heavy atom. The van der Waals surface area contributed by atoms with Gasteiger partial charge in [-0.3, -0.25) is 14.4 Å². The van der Waals surface area contributed by atoms with E-state index < -0.39 is 19.9 Å². The molecule has 0 rings (SSSR count). The molecule has 0 aliphatic heterocycles. The summed E-state index contributed by atoms with van der Waals surface area (Å²) >= 11 is 0. The second-order valence-corrected chi connectivity index (χ2v) is 10.7. The van der Waals surface area contributed by atoms with Gasteiger partial charge in [0.2, 0.25) is 13.7 Å². The lowest BCUT2D eigenvalue weighted by molar-refractivity contribution is -0.870. The Kier molecular flexibility index (Phi) is 15.9. The first-order valence-electron chi connectivity index (χ1n) is 11.5. The number of aliphatic hydroxyl groups excluding tert-OH is 1. The van der Waals surface area contributed by atoms with Crippen LogP contribution in [0.1, 0.15) is 78.1 Å². The first kappa shape index (κ1) is 29.5. The van der Waals surface area contributed by atoms with Gasteiger partial charge in [0.25, 0.3) is 0 Å². The molecule has 0 saturated carbocycles. The summed E-state index contributed by atoms with van der Waals surface area (Å²) in [6, 6.07) is -0.672. The fraction of sp³-hybridized carbons (Fsp3) is 0.952. The highest BCUT2D eigenvalue weighted by Gasteiger charge is 2.23. The summed E-state index contributed by atoms with van der Waals surface area (Å²) in [5.74, 6) is -0.160. The summed E-state index contributed by atoms with van der Waals surface area (Å²) in [5, 5.41) is 15.8. The van der Waals surface area contributed by atoms with Gasteiger partial charge in [0.1, 0.15) is 13.2 Å². The fourth-order valence-electron chi connectivity index (χ4n) is 2.95. The van der Waals surface area contributed by atoms with Gasteiger partial charge in [-0.1, -0.05) is 58.8 Å². The maximum atomic E-state index is 12.2. The summed E-state index contributed by atoms with van der Waals surface area (Å²) in [6.45, 7) is 4.75. The van der Waals surface area contributed by atoms with Crippen LogP contribution in [0.5, 0.6) is 0 Å². The summed E-state index contributed by atoms with van der Waals surface area (Å²) in [4.78, 5) is 24.4. The zero-order valence-electron chi connectivity index (χ0n) is 19.8. The molecule has 0 heterocycles. The lowest BCUT2D eigenvalue weighted by Crippen LogP contribution is -2.49. The van der Waals surface area contributed by atoms with E-state index in [-0.39, 0.29) is 19.1 Å². The van der Waals surface area contributed by atoms with Crippen molar-refractivity contribution in [3.05, 3.63) is 0 Å². The van der Waals surface area contributed by atoms with Crippen LogP contribution < -0.4 is 15.3 Å². The van der Waals surface area contributed by atoms with Crippen molar-refractivity contribution in [3.8, 4) is 0 Å². The van der Waals surface area contributed by atoms with E-state index in [1.54, 1.807) is 0 Å². The Balaban J connectivity index is 4.68. The molecule has 0 aromatic heterocycles. The largest absolute Gasteiger partial charge is 0.766 e. The lowest BCUT2D eigenvalue weighted by atomic mass is 10.0. The number of nitrogens with zero attached hydrogens (tertiary/aromatic N) is 1. The number of nitrogens with one attached hydrogen (secondary N) is 2. The van der Waals surface area contributed by atoms with Crippen molar-refractivity contribution in [2.45, 2.75) is 90.2 Å². The summed E-state index contributed by atoms with van der Waals surface area (Å²) in [7, 11) is 1.60. The van der Waals surface area contributed by atoms with Gasteiger partial charge in [-0.15, -0.1) is 0 Å². The minimum Gasteiger partial charge on any atom is -0.766 e. The van der Waals surface area contributed by atoms with Gasteiger partial charge in [0, 0.05) is 13.0 Å². The molecule has 3 N–H and O–H groups in total. The highest BCUT2D eigenvalue weighted by molar-refractivity contribution is 7.49. The highest BCUT2D eigenvalue weighted by Crippen LogP contribution is 2.31. The van der Waals surface area contributed by atoms with Crippen molar-refractivity contribution >= 4 is 13.7 Å². The normalized spacial score (nSPS) is 16.1. The van der Waals surface area contributed by atoms with E-state index in [1.807, 2.05) is 21.1 Å². The number of carbonyl (C=O) groups excluding carboxylic acids is 1. The molecular weight excluding hydrogens is 405 g/mol. The second kappa shape index (κ2) is 16.2. The standard InChI is InChI=1S/C21H46N3O5P/c1-6-8-10-11-13-14-20(25)19(23-21(26)15-12-9-7-2)18-22-30(27,28)29-17-16-24(3,4)5/h19-20,25H,6-18H2,1-5H3,(H2-,22,23,26,27,28)/t19-,20-/m0/s1. The van der Waals surface area contributed by atoms with Crippen molar-refractivity contribution in [1.29, 1.82) is 0 Å². The number of aliphatic hydroxyl groups is 1. The van der Waals surface area contributed by atoms with Crippen LogP contribution >= 0.6 is 7.75 Å². The van der Waals surface area contributed by atoms with Crippen LogP contribution in [-0.4, -0.2) is 68.5 Å². The molecule has 8 nitrogen and oxygen atoms in total. The van der Waals surface area contributed by atoms with Crippen molar-refractivity contribution in [1.82, 2.24) is 10.4 Å². The molecule has 9 heteroatoms. The van der Waals surface area contributed by atoms with Gasteiger partial charge < -0.3 is 24.3 Å². The van der Waals surface area contributed by atoms with Crippen molar-refractivity contribution < 1.29 is 28.4 Å². The summed E-state index contributed by atoms with van der Waals surface area (Å²) in [5.41, 5.74) is 0. The Morgan fingerprint density at radius 2 is 1.67 bits per heavy atom. The number of hydrogen-bond acceptors (Lipinski definition) is 5. The van der Waals surface area contributed by atoms with E-state index >= 15 is 0 Å². The van der Waals surface area contributed by atoms with Gasteiger partial charge in [-0.25, -0.2) is 0 Å². The van der Waals surface area contributed by atoms with E-state index in [1.165, 1.54) is 6.42 Å². The lowest BCUT2D eigenvalue weighted by Gasteiger charge is -2.31. The van der Waals surface area contributed by atoms with Crippen molar-refractivity contribution in [3.63, 3.8) is 0 Å². The molecule has 0 saturated heterocycles. The zero-order chi connectivity index (χ0) is 23.0. The molecule has 0 spiro atoms. The molecule has 0 aromatic rings. The van der Waals surface area contributed by atoms with E-state index in [0.717, 1.165) is 44.9 Å². The predicted octanol–water partition coefficient (Wildman–Crippen LogP) is 2.55. The molecule has 0 aliphatic rings. The molecule has 0 radical (unpaired) electrons. The maximum Gasteiger partial charge on any atom is 0.220 e. The smallest absolute Gasteiger partial charge is 0.220 e. The van der Waals surface area contributed by atoms with Gasteiger partial charge >= 0.3 is 0 Å². The first-order valence-corrected chi connectivity index (χ1v) is 13.0. The maximum absolute atomic E-state index is 12.2. The molecule has 0 aromatic carbocycles. The average Bonchev–Trinajstić information content (AvgIpc) is 2.63. The van der Waals surface area contributed by atoms with Crippen molar-refractivity contribution in [2.75, 3.05) is 40.8 Å². The van der Waals surface area contributed by atoms with Crippen molar-refractivity contribution in [2.24, 2.45) is 0 Å². The van der Waals surface area contributed by atoms with Crippen LogP contribution in [0.3, 0.4) is 0 Å². The number of hydrogen-bond donors (Lipinski definition) is 3. The quantitative estimate of drug-likeness (QED) is 0.158. The number of carbonyl (C=O) groups is 1.